The molecule has 0 radical (unpaired) electrons. The van der Waals surface area contributed by atoms with Crippen molar-refractivity contribution in [2.75, 3.05) is 0 Å². The molecule has 0 saturated carbocycles. The van der Waals surface area contributed by atoms with E-state index in [1.165, 1.54) is 16.7 Å². The van der Waals surface area contributed by atoms with E-state index in [0.717, 1.165) is 20.2 Å². The van der Waals surface area contributed by atoms with Crippen molar-refractivity contribution in [1.29, 1.82) is 0 Å². The van der Waals surface area contributed by atoms with E-state index >= 15 is 0 Å². The monoisotopic (exact) mass is 254 g/mol. The largest absolute Gasteiger partial charge is 0.289 e. The highest BCUT2D eigenvalue weighted by Gasteiger charge is 2.10. The number of fused-ring (bicyclic) bond motifs is 2. The summed E-state index contributed by atoms with van der Waals surface area (Å²) in [5.74, 6) is 0. The lowest BCUT2D eigenvalue weighted by molar-refractivity contribution is 1.30. The van der Waals surface area contributed by atoms with Gasteiger partial charge in [0.1, 0.15) is 0 Å². The fourth-order valence-corrected chi connectivity index (χ4v) is 3.56. The van der Waals surface area contributed by atoms with Crippen molar-refractivity contribution in [2.45, 2.75) is 20.8 Å². The van der Waals surface area contributed by atoms with Gasteiger partial charge in [0.05, 0.1) is 0 Å². The Labute approximate surface area is 110 Å². The average molecular weight is 254 g/mol. The molecule has 1 aromatic heterocycles. The molecule has 90 valence electrons. The zero-order valence-electron chi connectivity index (χ0n) is 10.7. The molecule has 3 aromatic rings. The minimum atomic E-state index is 0.158. The predicted molar refractivity (Wildman–Crippen MR) is 79.8 cm³/mol. The first-order valence-electron chi connectivity index (χ1n) is 6.02. The van der Waals surface area contributed by atoms with Crippen LogP contribution in [-0.2, 0) is 0 Å². The highest BCUT2D eigenvalue weighted by atomic mass is 32.1. The van der Waals surface area contributed by atoms with Gasteiger partial charge in [0, 0.05) is 20.2 Å². The molecule has 3 rings (SSSR count). The molecule has 0 bridgehead atoms. The molecular formula is C16H14OS. The van der Waals surface area contributed by atoms with Gasteiger partial charge in [-0.1, -0.05) is 12.1 Å². The van der Waals surface area contributed by atoms with Crippen LogP contribution in [0.15, 0.2) is 35.1 Å². The maximum Gasteiger partial charge on any atom is 0.195 e. The van der Waals surface area contributed by atoms with Gasteiger partial charge in [0.15, 0.2) is 5.43 Å². The molecule has 0 atom stereocenters. The van der Waals surface area contributed by atoms with E-state index < -0.39 is 0 Å². The van der Waals surface area contributed by atoms with E-state index in [2.05, 4.69) is 20.8 Å². The van der Waals surface area contributed by atoms with Gasteiger partial charge in [-0.3, -0.25) is 4.79 Å². The Morgan fingerprint density at radius 1 is 0.944 bits per heavy atom. The van der Waals surface area contributed by atoms with Crippen molar-refractivity contribution < 1.29 is 0 Å². The lowest BCUT2D eigenvalue weighted by atomic mass is 10.0. The predicted octanol–water partition coefficient (Wildman–Crippen LogP) is 4.34. The van der Waals surface area contributed by atoms with Crippen LogP contribution in [0, 0.1) is 20.8 Å². The summed E-state index contributed by atoms with van der Waals surface area (Å²) in [6.07, 6.45) is 0. The highest BCUT2D eigenvalue weighted by molar-refractivity contribution is 7.24. The normalized spacial score (nSPS) is 11.3. The third-order valence-corrected chi connectivity index (χ3v) is 4.99. The van der Waals surface area contributed by atoms with Crippen molar-refractivity contribution in [3.8, 4) is 0 Å². The fraction of sp³-hybridized carbons (Fsp3) is 0.188. The molecule has 1 heterocycles. The Balaban J connectivity index is 2.65. The van der Waals surface area contributed by atoms with E-state index in [4.69, 9.17) is 0 Å². The molecule has 1 nitrogen and oxygen atoms in total. The van der Waals surface area contributed by atoms with Gasteiger partial charge in [0.2, 0.25) is 0 Å². The summed E-state index contributed by atoms with van der Waals surface area (Å²) in [5, 5.41) is 1.69. The first kappa shape index (κ1) is 11.4. The van der Waals surface area contributed by atoms with E-state index in [0.29, 0.717) is 0 Å². The van der Waals surface area contributed by atoms with Crippen LogP contribution in [0.4, 0.5) is 0 Å². The van der Waals surface area contributed by atoms with Crippen molar-refractivity contribution >= 4 is 31.5 Å². The second kappa shape index (κ2) is 3.92. The van der Waals surface area contributed by atoms with Crippen LogP contribution in [0.3, 0.4) is 0 Å². The fourth-order valence-electron chi connectivity index (χ4n) is 2.36. The molecule has 0 N–H and O–H groups in total. The van der Waals surface area contributed by atoms with Gasteiger partial charge < -0.3 is 0 Å². The molecule has 0 aliphatic heterocycles. The maximum atomic E-state index is 12.5. The number of hydrogen-bond acceptors (Lipinski definition) is 2. The minimum Gasteiger partial charge on any atom is -0.289 e. The van der Waals surface area contributed by atoms with E-state index in [1.54, 1.807) is 11.3 Å². The number of rotatable bonds is 0. The summed E-state index contributed by atoms with van der Waals surface area (Å²) in [5.41, 5.74) is 3.87. The molecular weight excluding hydrogens is 240 g/mol. The van der Waals surface area contributed by atoms with Crippen LogP contribution in [-0.4, -0.2) is 0 Å². The summed E-state index contributed by atoms with van der Waals surface area (Å²) >= 11 is 1.71. The Morgan fingerprint density at radius 3 is 2.44 bits per heavy atom. The van der Waals surface area contributed by atoms with Gasteiger partial charge in [0.25, 0.3) is 0 Å². The summed E-state index contributed by atoms with van der Waals surface area (Å²) in [7, 11) is 0. The standard InChI is InChI=1S/C16H14OS/c1-9-8-13-15(17)12-6-4-5-7-14(12)18-16(13)11(3)10(9)2/h4-8H,1-3H3. The molecule has 0 aliphatic rings. The number of benzene rings is 2. The van der Waals surface area contributed by atoms with Crippen LogP contribution < -0.4 is 5.43 Å². The van der Waals surface area contributed by atoms with Crippen LogP contribution >= 0.6 is 11.3 Å². The van der Waals surface area contributed by atoms with Crippen LogP contribution in [0.1, 0.15) is 16.7 Å². The minimum absolute atomic E-state index is 0.158. The Morgan fingerprint density at radius 2 is 1.67 bits per heavy atom. The molecule has 0 amide bonds. The molecule has 0 unspecified atom stereocenters. The van der Waals surface area contributed by atoms with Gasteiger partial charge in [-0.2, -0.15) is 0 Å². The highest BCUT2D eigenvalue weighted by Crippen LogP contribution is 2.30. The summed E-state index contributed by atoms with van der Waals surface area (Å²) in [4.78, 5) is 12.5. The summed E-state index contributed by atoms with van der Waals surface area (Å²) < 4.78 is 2.20. The zero-order chi connectivity index (χ0) is 12.9. The van der Waals surface area contributed by atoms with Crippen LogP contribution in [0.25, 0.3) is 20.2 Å². The lowest BCUT2D eigenvalue weighted by Gasteiger charge is -2.09. The molecule has 0 saturated heterocycles. The van der Waals surface area contributed by atoms with Gasteiger partial charge in [-0.25, -0.2) is 0 Å². The second-order valence-corrected chi connectivity index (χ2v) is 5.80. The summed E-state index contributed by atoms with van der Waals surface area (Å²) in [6, 6.07) is 9.88. The van der Waals surface area contributed by atoms with E-state index in [9.17, 15) is 4.79 Å². The SMILES string of the molecule is Cc1cc2c(=O)c3ccccc3sc2c(C)c1C. The van der Waals surface area contributed by atoms with Gasteiger partial charge >= 0.3 is 0 Å². The third kappa shape index (κ3) is 1.49. The Hall–Kier alpha value is -1.67. The molecule has 2 heteroatoms. The smallest absolute Gasteiger partial charge is 0.195 e. The third-order valence-electron chi connectivity index (χ3n) is 3.69. The van der Waals surface area contributed by atoms with E-state index in [-0.39, 0.29) is 5.43 Å². The van der Waals surface area contributed by atoms with Crippen LogP contribution in [0.2, 0.25) is 0 Å². The van der Waals surface area contributed by atoms with E-state index in [1.807, 2.05) is 30.3 Å². The number of aryl methyl sites for hydroxylation is 2. The van der Waals surface area contributed by atoms with Crippen LogP contribution in [0.5, 0.6) is 0 Å². The molecule has 2 aromatic carbocycles. The summed E-state index contributed by atoms with van der Waals surface area (Å²) in [6.45, 7) is 6.30. The average Bonchev–Trinajstić information content (AvgIpc) is 2.38. The Bertz CT molecular complexity index is 828. The quantitative estimate of drug-likeness (QED) is 0.545. The van der Waals surface area contributed by atoms with Crippen molar-refractivity contribution in [2.24, 2.45) is 0 Å². The molecule has 0 aliphatic carbocycles. The zero-order valence-corrected chi connectivity index (χ0v) is 11.5. The topological polar surface area (TPSA) is 17.1 Å². The van der Waals surface area contributed by atoms with Gasteiger partial charge in [-0.15, -0.1) is 11.3 Å². The Kier molecular flexibility index (Phi) is 2.49. The van der Waals surface area contributed by atoms with Crippen molar-refractivity contribution in [3.05, 3.63) is 57.2 Å². The second-order valence-electron chi connectivity index (χ2n) is 4.75. The molecule has 18 heavy (non-hydrogen) atoms. The van der Waals surface area contributed by atoms with Gasteiger partial charge in [-0.05, 0) is 55.7 Å². The van der Waals surface area contributed by atoms with Crippen molar-refractivity contribution in [1.82, 2.24) is 0 Å². The maximum absolute atomic E-state index is 12.5. The first-order valence-corrected chi connectivity index (χ1v) is 6.83. The lowest BCUT2D eigenvalue weighted by Crippen LogP contribution is -2.03. The molecule has 0 spiro atoms. The van der Waals surface area contributed by atoms with Crippen molar-refractivity contribution in [3.63, 3.8) is 0 Å². The first-order chi connectivity index (χ1) is 8.59. The molecule has 0 fully saturated rings. The number of hydrogen-bond donors (Lipinski definition) is 0.